The van der Waals surface area contributed by atoms with E-state index in [1.807, 2.05) is 39.0 Å². The molecule has 0 spiro atoms. The Hall–Kier alpha value is -3.14. The summed E-state index contributed by atoms with van der Waals surface area (Å²) in [6, 6.07) is 7.86. The summed E-state index contributed by atoms with van der Waals surface area (Å²) in [5.74, 6) is 1.42. The summed E-state index contributed by atoms with van der Waals surface area (Å²) in [6.45, 7) is 6.98. The number of aromatic amines is 1. The van der Waals surface area contributed by atoms with Gasteiger partial charge in [-0.25, -0.2) is 0 Å². The largest absolute Gasteiger partial charge is 0.490 e. The molecule has 0 aliphatic carbocycles. The molecule has 0 fully saturated rings. The zero-order chi connectivity index (χ0) is 18.7. The van der Waals surface area contributed by atoms with Crippen LogP contribution >= 0.6 is 0 Å². The average molecular weight is 354 g/mol. The number of nitrogens with two attached hydrogens (primary N) is 1. The van der Waals surface area contributed by atoms with Gasteiger partial charge in [-0.1, -0.05) is 13.0 Å². The quantitative estimate of drug-likeness (QED) is 0.825. The van der Waals surface area contributed by atoms with Crippen LogP contribution in [0.1, 0.15) is 43.0 Å². The Kier molecular flexibility index (Phi) is 5.03. The molecule has 7 nitrogen and oxygen atoms in total. The van der Waals surface area contributed by atoms with E-state index in [4.69, 9.17) is 19.9 Å². The fourth-order valence-corrected chi connectivity index (χ4v) is 3.04. The van der Waals surface area contributed by atoms with Gasteiger partial charge >= 0.3 is 0 Å². The van der Waals surface area contributed by atoms with Crippen molar-refractivity contribution >= 4 is 0 Å². The van der Waals surface area contributed by atoms with E-state index in [1.54, 1.807) is 0 Å². The second-order valence-corrected chi connectivity index (χ2v) is 5.98. The van der Waals surface area contributed by atoms with Gasteiger partial charge < -0.3 is 19.9 Å². The van der Waals surface area contributed by atoms with Crippen molar-refractivity contribution in [1.82, 2.24) is 10.2 Å². The van der Waals surface area contributed by atoms with Crippen molar-refractivity contribution in [1.29, 1.82) is 5.26 Å². The summed E-state index contributed by atoms with van der Waals surface area (Å²) >= 11 is 0. The minimum atomic E-state index is -0.373. The van der Waals surface area contributed by atoms with Crippen LogP contribution in [0.4, 0.5) is 0 Å². The van der Waals surface area contributed by atoms with Gasteiger partial charge in [0.1, 0.15) is 11.6 Å². The minimum absolute atomic E-state index is 0.0702. The van der Waals surface area contributed by atoms with Crippen molar-refractivity contribution in [2.45, 2.75) is 33.1 Å². The molecule has 0 saturated carbocycles. The highest BCUT2D eigenvalue weighted by Gasteiger charge is 2.34. The second kappa shape index (κ2) is 7.40. The lowest BCUT2D eigenvalue weighted by atomic mass is 9.84. The predicted octanol–water partition coefficient (Wildman–Crippen LogP) is 3.12. The van der Waals surface area contributed by atoms with Crippen LogP contribution in [-0.4, -0.2) is 23.4 Å². The number of allylic oxidation sites excluding steroid dienone is 1. The normalized spacial score (nSPS) is 15.8. The van der Waals surface area contributed by atoms with Crippen LogP contribution in [-0.2, 0) is 0 Å². The smallest absolute Gasteiger partial charge is 0.244 e. The predicted molar refractivity (Wildman–Crippen MR) is 96.0 cm³/mol. The van der Waals surface area contributed by atoms with E-state index in [1.165, 1.54) is 0 Å². The number of aryl methyl sites for hydroxylation is 1. The van der Waals surface area contributed by atoms with Crippen molar-refractivity contribution in [3.05, 3.63) is 46.5 Å². The second-order valence-electron chi connectivity index (χ2n) is 5.98. The van der Waals surface area contributed by atoms with Crippen molar-refractivity contribution in [3.63, 3.8) is 0 Å². The third-order valence-corrected chi connectivity index (χ3v) is 4.19. The van der Waals surface area contributed by atoms with Crippen LogP contribution in [0.3, 0.4) is 0 Å². The molecule has 1 aliphatic rings. The molecule has 0 amide bonds. The third kappa shape index (κ3) is 3.06. The molecule has 2 aromatic rings. The number of nitriles is 1. The van der Waals surface area contributed by atoms with Crippen molar-refractivity contribution in [3.8, 4) is 23.4 Å². The Morgan fingerprint density at radius 2 is 2.12 bits per heavy atom. The van der Waals surface area contributed by atoms with Crippen molar-refractivity contribution in [2.24, 2.45) is 5.73 Å². The fourth-order valence-electron chi connectivity index (χ4n) is 3.04. The SMILES string of the molecule is CCCOc1ccc(C2C(C#N)=C(N)Oc3n[nH]c(C)c32)cc1OCC. The lowest BCUT2D eigenvalue weighted by Gasteiger charge is -2.24. The number of H-pyrrole nitrogens is 1. The number of benzene rings is 1. The number of ether oxygens (including phenoxy) is 3. The van der Waals surface area contributed by atoms with Gasteiger partial charge in [0, 0.05) is 11.3 Å². The Balaban J connectivity index is 2.11. The van der Waals surface area contributed by atoms with E-state index >= 15 is 0 Å². The highest BCUT2D eigenvalue weighted by molar-refractivity contribution is 5.57. The van der Waals surface area contributed by atoms with Crippen LogP contribution in [0.2, 0.25) is 0 Å². The lowest BCUT2D eigenvalue weighted by Crippen LogP contribution is -2.21. The van der Waals surface area contributed by atoms with Crippen LogP contribution in [0.15, 0.2) is 29.7 Å². The van der Waals surface area contributed by atoms with Crippen molar-refractivity contribution < 1.29 is 14.2 Å². The Morgan fingerprint density at radius 3 is 2.81 bits per heavy atom. The standard InChI is InChI=1S/C19H22N4O3/c1-4-8-25-14-7-6-12(9-15(14)24-5-2)17-13(10-20)18(21)26-19-16(17)11(3)22-23-19/h6-7,9,17H,4-5,8,21H2,1-3H3,(H,22,23). The summed E-state index contributed by atoms with van der Waals surface area (Å²) in [5, 5.41) is 16.7. The van der Waals surface area contributed by atoms with E-state index in [-0.39, 0.29) is 11.8 Å². The maximum Gasteiger partial charge on any atom is 0.244 e. The van der Waals surface area contributed by atoms with E-state index in [9.17, 15) is 5.26 Å². The minimum Gasteiger partial charge on any atom is -0.490 e. The van der Waals surface area contributed by atoms with Crippen LogP contribution < -0.4 is 19.9 Å². The first-order valence-corrected chi connectivity index (χ1v) is 8.62. The highest BCUT2D eigenvalue weighted by atomic mass is 16.5. The van der Waals surface area contributed by atoms with Gasteiger partial charge in [0.15, 0.2) is 11.5 Å². The molecule has 0 bridgehead atoms. The molecule has 0 saturated heterocycles. The summed E-state index contributed by atoms with van der Waals surface area (Å²) < 4.78 is 17.0. The summed E-state index contributed by atoms with van der Waals surface area (Å²) in [7, 11) is 0. The van der Waals surface area contributed by atoms with Gasteiger partial charge in [-0.05, 0) is 38.0 Å². The molecule has 136 valence electrons. The maximum atomic E-state index is 9.64. The van der Waals surface area contributed by atoms with E-state index in [2.05, 4.69) is 16.3 Å². The molecular formula is C19H22N4O3. The molecule has 3 N–H and O–H groups in total. The average Bonchev–Trinajstić information content (AvgIpc) is 3.00. The van der Waals surface area contributed by atoms with Gasteiger partial charge in [0.05, 0.1) is 19.1 Å². The van der Waals surface area contributed by atoms with Crippen LogP contribution in [0.5, 0.6) is 17.4 Å². The van der Waals surface area contributed by atoms with Crippen LogP contribution in [0.25, 0.3) is 0 Å². The number of rotatable bonds is 6. The molecule has 1 aliphatic heterocycles. The molecular weight excluding hydrogens is 332 g/mol. The zero-order valence-corrected chi connectivity index (χ0v) is 15.1. The molecule has 0 radical (unpaired) electrons. The zero-order valence-electron chi connectivity index (χ0n) is 15.1. The Labute approximate surface area is 152 Å². The number of hydrogen-bond donors (Lipinski definition) is 2. The number of nitrogens with one attached hydrogen (secondary N) is 1. The summed E-state index contributed by atoms with van der Waals surface area (Å²) in [5.41, 5.74) is 8.81. The fraction of sp³-hybridized carbons (Fsp3) is 0.368. The number of hydrogen-bond acceptors (Lipinski definition) is 6. The first-order valence-electron chi connectivity index (χ1n) is 8.62. The first kappa shape index (κ1) is 17.7. The molecule has 1 aromatic carbocycles. The summed E-state index contributed by atoms with van der Waals surface area (Å²) in [4.78, 5) is 0. The molecule has 1 aromatic heterocycles. The first-order chi connectivity index (χ1) is 12.6. The number of nitrogens with zero attached hydrogens (tertiary/aromatic N) is 2. The molecule has 7 heteroatoms. The van der Waals surface area contributed by atoms with Gasteiger partial charge in [0.2, 0.25) is 11.8 Å². The lowest BCUT2D eigenvalue weighted by molar-refractivity contribution is 0.276. The Morgan fingerprint density at radius 1 is 1.31 bits per heavy atom. The van der Waals surface area contributed by atoms with Gasteiger partial charge in [0.25, 0.3) is 0 Å². The monoisotopic (exact) mass is 354 g/mol. The number of fused-ring (bicyclic) bond motifs is 1. The van der Waals surface area contributed by atoms with Gasteiger partial charge in [-0.15, -0.1) is 5.10 Å². The van der Waals surface area contributed by atoms with E-state index < -0.39 is 0 Å². The van der Waals surface area contributed by atoms with Gasteiger partial charge in [-0.2, -0.15) is 5.26 Å². The molecule has 1 atom stereocenters. The van der Waals surface area contributed by atoms with E-state index in [0.717, 1.165) is 23.2 Å². The molecule has 3 rings (SSSR count). The van der Waals surface area contributed by atoms with Crippen LogP contribution in [0, 0.1) is 18.3 Å². The summed E-state index contributed by atoms with van der Waals surface area (Å²) in [6.07, 6.45) is 0.905. The van der Waals surface area contributed by atoms with Gasteiger partial charge in [-0.3, -0.25) is 5.10 Å². The maximum absolute atomic E-state index is 9.64. The molecule has 1 unspecified atom stereocenters. The topological polar surface area (TPSA) is 106 Å². The Bertz CT molecular complexity index is 879. The third-order valence-electron chi connectivity index (χ3n) is 4.19. The molecule has 2 heterocycles. The molecule has 26 heavy (non-hydrogen) atoms. The highest BCUT2D eigenvalue weighted by Crippen LogP contribution is 2.44. The van der Waals surface area contributed by atoms with E-state index in [0.29, 0.717) is 36.2 Å². The number of aromatic nitrogens is 2. The van der Waals surface area contributed by atoms with Crippen molar-refractivity contribution in [2.75, 3.05) is 13.2 Å².